The Morgan fingerprint density at radius 1 is 1.38 bits per heavy atom. The fourth-order valence-electron chi connectivity index (χ4n) is 0.910. The summed E-state index contributed by atoms with van der Waals surface area (Å²) >= 11 is 6.15. The molecular weight excluding hydrogens is 304 g/mol. The van der Waals surface area contributed by atoms with E-state index >= 15 is 0 Å². The first kappa shape index (κ1) is 10.5. The van der Waals surface area contributed by atoms with Crippen molar-refractivity contribution >= 4 is 37.8 Å². The molecule has 0 aliphatic carbocycles. The van der Waals surface area contributed by atoms with Crippen LogP contribution in [0.1, 0.15) is 15.9 Å². The molecule has 5 heteroatoms. The third kappa shape index (κ3) is 1.86. The average Bonchev–Trinajstić information content (AvgIpc) is 2.07. The fourth-order valence-corrected chi connectivity index (χ4v) is 1.97. The molecule has 0 spiro atoms. The highest BCUT2D eigenvalue weighted by molar-refractivity contribution is 9.11. The summed E-state index contributed by atoms with van der Waals surface area (Å²) < 4.78 is 0.696. The first-order chi connectivity index (χ1) is 5.95. The van der Waals surface area contributed by atoms with Crippen LogP contribution in [0.15, 0.2) is 15.0 Å². The van der Waals surface area contributed by atoms with E-state index in [4.69, 9.17) is 5.11 Å². The summed E-state index contributed by atoms with van der Waals surface area (Å²) in [4.78, 5) is 10.7. The Morgan fingerprint density at radius 2 is 1.92 bits per heavy atom. The molecule has 1 rings (SSSR count). The van der Waals surface area contributed by atoms with Crippen LogP contribution >= 0.6 is 31.9 Å². The van der Waals surface area contributed by atoms with Gasteiger partial charge in [0.1, 0.15) is 5.75 Å². The molecule has 0 atom stereocenters. The van der Waals surface area contributed by atoms with Crippen LogP contribution in [-0.4, -0.2) is 16.2 Å². The molecule has 0 radical (unpaired) electrons. The van der Waals surface area contributed by atoms with Gasteiger partial charge >= 0.3 is 5.97 Å². The maximum Gasteiger partial charge on any atom is 0.336 e. The van der Waals surface area contributed by atoms with Crippen molar-refractivity contribution in [3.8, 4) is 5.75 Å². The number of carboxylic acid groups (broad SMARTS) is 1. The first-order valence-electron chi connectivity index (χ1n) is 3.36. The summed E-state index contributed by atoms with van der Waals surface area (Å²) in [7, 11) is 0. The second kappa shape index (κ2) is 3.67. The SMILES string of the molecule is Cc1cc(C(=O)O)c(Br)c(O)c1Br. The Labute approximate surface area is 91.6 Å². The molecule has 0 aromatic heterocycles. The Balaban J connectivity index is 3.50. The van der Waals surface area contributed by atoms with Crippen molar-refractivity contribution in [3.63, 3.8) is 0 Å². The number of hydrogen-bond acceptors (Lipinski definition) is 2. The summed E-state index contributed by atoms with van der Waals surface area (Å²) in [5.74, 6) is -1.16. The lowest BCUT2D eigenvalue weighted by molar-refractivity contribution is 0.0695. The van der Waals surface area contributed by atoms with E-state index < -0.39 is 5.97 Å². The van der Waals surface area contributed by atoms with E-state index in [1.165, 1.54) is 6.07 Å². The smallest absolute Gasteiger partial charge is 0.336 e. The quantitative estimate of drug-likeness (QED) is 0.838. The van der Waals surface area contributed by atoms with Gasteiger partial charge in [0.2, 0.25) is 0 Å². The topological polar surface area (TPSA) is 57.5 Å². The monoisotopic (exact) mass is 308 g/mol. The lowest BCUT2D eigenvalue weighted by Gasteiger charge is -2.06. The minimum Gasteiger partial charge on any atom is -0.506 e. The van der Waals surface area contributed by atoms with E-state index in [9.17, 15) is 9.90 Å². The lowest BCUT2D eigenvalue weighted by Crippen LogP contribution is -1.99. The van der Waals surface area contributed by atoms with Crippen molar-refractivity contribution in [1.82, 2.24) is 0 Å². The molecule has 0 saturated carbocycles. The van der Waals surface area contributed by atoms with E-state index in [0.717, 1.165) is 0 Å². The fraction of sp³-hybridized carbons (Fsp3) is 0.125. The number of aromatic hydroxyl groups is 1. The lowest BCUT2D eigenvalue weighted by atomic mass is 10.1. The van der Waals surface area contributed by atoms with Gasteiger partial charge in [-0.3, -0.25) is 0 Å². The number of benzene rings is 1. The zero-order valence-electron chi connectivity index (χ0n) is 6.64. The van der Waals surface area contributed by atoms with Crippen LogP contribution in [0.5, 0.6) is 5.75 Å². The summed E-state index contributed by atoms with van der Waals surface area (Å²) in [6.45, 7) is 1.71. The number of phenolic OH excluding ortho intramolecular Hbond substituents is 1. The molecule has 3 nitrogen and oxygen atoms in total. The van der Waals surface area contributed by atoms with Crippen LogP contribution in [0.2, 0.25) is 0 Å². The molecule has 0 aliphatic rings. The maximum absolute atomic E-state index is 10.7. The number of hydrogen-bond donors (Lipinski definition) is 2. The molecule has 0 saturated heterocycles. The van der Waals surface area contributed by atoms with Crippen LogP contribution in [0, 0.1) is 6.92 Å². The minimum absolute atomic E-state index is 0.0539. The van der Waals surface area contributed by atoms with E-state index in [-0.39, 0.29) is 15.8 Å². The summed E-state index contributed by atoms with van der Waals surface area (Å²) in [5, 5.41) is 18.2. The summed E-state index contributed by atoms with van der Waals surface area (Å²) in [5.41, 5.74) is 0.733. The number of aromatic carboxylic acids is 1. The van der Waals surface area contributed by atoms with Gasteiger partial charge in [-0.1, -0.05) is 0 Å². The van der Waals surface area contributed by atoms with E-state index in [0.29, 0.717) is 10.0 Å². The minimum atomic E-state index is -1.07. The van der Waals surface area contributed by atoms with Gasteiger partial charge in [-0.2, -0.15) is 0 Å². The Hall–Kier alpha value is -0.550. The highest BCUT2D eigenvalue weighted by atomic mass is 79.9. The van der Waals surface area contributed by atoms with Gasteiger partial charge in [0, 0.05) is 0 Å². The summed E-state index contributed by atoms with van der Waals surface area (Å²) in [6.07, 6.45) is 0. The van der Waals surface area contributed by atoms with Gasteiger partial charge < -0.3 is 10.2 Å². The molecule has 1 aromatic rings. The molecule has 2 N–H and O–H groups in total. The summed E-state index contributed by atoms with van der Waals surface area (Å²) in [6, 6.07) is 1.48. The zero-order chi connectivity index (χ0) is 10.2. The second-order valence-corrected chi connectivity index (χ2v) is 4.11. The van der Waals surface area contributed by atoms with Gasteiger partial charge in [0.15, 0.2) is 0 Å². The molecule has 1 aromatic carbocycles. The van der Waals surface area contributed by atoms with Crippen LogP contribution in [0.25, 0.3) is 0 Å². The molecule has 0 aliphatic heterocycles. The molecular formula is C8H6Br2O3. The molecule has 0 bridgehead atoms. The van der Waals surface area contributed by atoms with Crippen LogP contribution in [0.4, 0.5) is 0 Å². The van der Waals surface area contributed by atoms with Crippen molar-refractivity contribution < 1.29 is 15.0 Å². The predicted octanol–water partition coefficient (Wildman–Crippen LogP) is 2.92. The van der Waals surface area contributed by atoms with Gasteiger partial charge in [-0.25, -0.2) is 4.79 Å². The van der Waals surface area contributed by atoms with Crippen LogP contribution in [0.3, 0.4) is 0 Å². The second-order valence-electron chi connectivity index (χ2n) is 2.52. The third-order valence-corrected chi connectivity index (χ3v) is 3.39. The number of halogens is 2. The highest BCUT2D eigenvalue weighted by Crippen LogP contribution is 2.37. The van der Waals surface area contributed by atoms with Crippen molar-refractivity contribution in [1.29, 1.82) is 0 Å². The maximum atomic E-state index is 10.7. The van der Waals surface area contributed by atoms with Gasteiger partial charge in [-0.15, -0.1) is 0 Å². The Kier molecular flexibility index (Phi) is 2.98. The largest absolute Gasteiger partial charge is 0.506 e. The standard InChI is InChI=1S/C8H6Br2O3/c1-3-2-4(8(12)13)6(10)7(11)5(3)9/h2,11H,1H3,(H,12,13). The molecule has 0 amide bonds. The number of carboxylic acids is 1. The van der Waals surface area contributed by atoms with Gasteiger partial charge in [-0.05, 0) is 50.4 Å². The third-order valence-electron chi connectivity index (χ3n) is 1.59. The number of carbonyl (C=O) groups is 1. The molecule has 0 heterocycles. The predicted molar refractivity (Wildman–Crippen MR) is 55.2 cm³/mol. The Morgan fingerprint density at radius 3 is 2.38 bits per heavy atom. The average molecular weight is 310 g/mol. The molecule has 13 heavy (non-hydrogen) atoms. The van der Waals surface area contributed by atoms with Crippen LogP contribution < -0.4 is 0 Å². The first-order valence-corrected chi connectivity index (χ1v) is 4.94. The number of aryl methyl sites for hydroxylation is 1. The van der Waals surface area contributed by atoms with E-state index in [1.807, 2.05) is 0 Å². The number of rotatable bonds is 1. The zero-order valence-corrected chi connectivity index (χ0v) is 9.81. The van der Waals surface area contributed by atoms with Crippen molar-refractivity contribution in [2.75, 3.05) is 0 Å². The highest BCUT2D eigenvalue weighted by Gasteiger charge is 2.16. The molecule has 0 unspecified atom stereocenters. The van der Waals surface area contributed by atoms with Crippen LogP contribution in [-0.2, 0) is 0 Å². The Bertz CT molecular complexity index is 374. The van der Waals surface area contributed by atoms with E-state index in [1.54, 1.807) is 6.92 Å². The van der Waals surface area contributed by atoms with Crippen molar-refractivity contribution in [2.45, 2.75) is 6.92 Å². The van der Waals surface area contributed by atoms with Gasteiger partial charge in [0.25, 0.3) is 0 Å². The van der Waals surface area contributed by atoms with Gasteiger partial charge in [0.05, 0.1) is 14.5 Å². The molecule has 0 fully saturated rings. The van der Waals surface area contributed by atoms with Crippen molar-refractivity contribution in [2.24, 2.45) is 0 Å². The van der Waals surface area contributed by atoms with Crippen molar-refractivity contribution in [3.05, 3.63) is 26.1 Å². The normalized spacial score (nSPS) is 10.1. The van der Waals surface area contributed by atoms with E-state index in [2.05, 4.69) is 31.9 Å². The number of phenols is 1. The molecule has 70 valence electrons.